The zero-order valence-electron chi connectivity index (χ0n) is 9.23. The fourth-order valence-electron chi connectivity index (χ4n) is 1.50. The first-order valence-electron chi connectivity index (χ1n) is 5.49. The lowest BCUT2D eigenvalue weighted by molar-refractivity contribution is -0.138. The lowest BCUT2D eigenvalue weighted by atomic mass is 10.1. The lowest BCUT2D eigenvalue weighted by Gasteiger charge is -2.13. The predicted molar refractivity (Wildman–Crippen MR) is 64.2 cm³/mol. The van der Waals surface area contributed by atoms with Gasteiger partial charge in [0.15, 0.2) is 0 Å². The van der Waals surface area contributed by atoms with E-state index >= 15 is 0 Å². The first-order valence-corrected chi connectivity index (χ1v) is 5.87. The number of carbonyl (C=O) groups is 1. The van der Waals surface area contributed by atoms with E-state index in [4.69, 9.17) is 27.2 Å². The quantitative estimate of drug-likeness (QED) is 0.846. The second-order valence-corrected chi connectivity index (χ2v) is 4.61. The van der Waals surface area contributed by atoms with E-state index in [9.17, 15) is 4.79 Å². The molecule has 0 radical (unpaired) electrons. The van der Waals surface area contributed by atoms with E-state index in [1.807, 2.05) is 0 Å². The molecule has 2 rings (SSSR count). The van der Waals surface area contributed by atoms with E-state index in [-0.39, 0.29) is 0 Å². The summed E-state index contributed by atoms with van der Waals surface area (Å²) < 4.78 is 5.55. The number of nitrogens with two attached hydrogens (primary N) is 1. The zero-order chi connectivity index (χ0) is 12.4. The third-order valence-electron chi connectivity index (χ3n) is 2.77. The number of carboxylic acids is 1. The van der Waals surface area contributed by atoms with Crippen LogP contribution in [0.25, 0.3) is 0 Å². The number of halogens is 1. The Balaban J connectivity index is 2.16. The number of ether oxygens (including phenoxy) is 1. The molecule has 17 heavy (non-hydrogen) atoms. The van der Waals surface area contributed by atoms with Crippen molar-refractivity contribution in [1.29, 1.82) is 0 Å². The maximum atomic E-state index is 10.8. The molecule has 0 bridgehead atoms. The smallest absolute Gasteiger partial charge is 0.325 e. The first-order chi connectivity index (χ1) is 8.09. The van der Waals surface area contributed by atoms with Gasteiger partial charge in [-0.2, -0.15) is 0 Å². The maximum Gasteiger partial charge on any atom is 0.325 e. The van der Waals surface area contributed by atoms with Gasteiger partial charge < -0.3 is 15.6 Å². The molecule has 1 atom stereocenters. The van der Waals surface area contributed by atoms with Crippen molar-refractivity contribution in [3.05, 3.63) is 28.8 Å². The van der Waals surface area contributed by atoms with Gasteiger partial charge in [0.25, 0.3) is 0 Å². The number of rotatable bonds is 5. The first kappa shape index (κ1) is 12.2. The Morgan fingerprint density at radius 1 is 1.59 bits per heavy atom. The van der Waals surface area contributed by atoms with Crippen LogP contribution in [0.1, 0.15) is 24.4 Å². The standard InChI is InChI=1S/C12H14ClNO3/c13-10-8(11(14)12(15)16)2-1-3-9(10)17-6-7-4-5-7/h1-3,7,11H,4-6,14H2,(H,15,16). The second kappa shape index (κ2) is 4.94. The van der Waals surface area contributed by atoms with Crippen molar-refractivity contribution in [2.45, 2.75) is 18.9 Å². The number of benzene rings is 1. The van der Waals surface area contributed by atoms with E-state index in [1.54, 1.807) is 18.2 Å². The summed E-state index contributed by atoms with van der Waals surface area (Å²) >= 11 is 6.08. The highest BCUT2D eigenvalue weighted by Gasteiger charge is 2.24. The Morgan fingerprint density at radius 3 is 2.88 bits per heavy atom. The van der Waals surface area contributed by atoms with Gasteiger partial charge in [-0.25, -0.2) is 0 Å². The average Bonchev–Trinajstić information content (AvgIpc) is 3.10. The van der Waals surface area contributed by atoms with Crippen LogP contribution in [0.2, 0.25) is 5.02 Å². The molecule has 1 aromatic rings. The van der Waals surface area contributed by atoms with Crippen molar-refractivity contribution >= 4 is 17.6 Å². The molecule has 1 saturated carbocycles. The van der Waals surface area contributed by atoms with Gasteiger partial charge in [-0.1, -0.05) is 23.7 Å². The molecule has 1 fully saturated rings. The lowest BCUT2D eigenvalue weighted by Crippen LogP contribution is -2.21. The van der Waals surface area contributed by atoms with Crippen LogP contribution in [0.15, 0.2) is 18.2 Å². The van der Waals surface area contributed by atoms with Gasteiger partial charge >= 0.3 is 5.97 Å². The Hall–Kier alpha value is -1.26. The van der Waals surface area contributed by atoms with Crippen LogP contribution in [0.3, 0.4) is 0 Å². The Kier molecular flexibility index (Phi) is 3.54. The molecule has 0 aromatic heterocycles. The Bertz CT molecular complexity index is 432. The fourth-order valence-corrected chi connectivity index (χ4v) is 1.80. The van der Waals surface area contributed by atoms with Gasteiger partial charge in [-0.3, -0.25) is 4.79 Å². The minimum absolute atomic E-state index is 0.294. The Labute approximate surface area is 104 Å². The summed E-state index contributed by atoms with van der Waals surface area (Å²) in [5.41, 5.74) is 5.92. The van der Waals surface area contributed by atoms with Crippen molar-refractivity contribution in [1.82, 2.24) is 0 Å². The molecular weight excluding hydrogens is 242 g/mol. The highest BCUT2D eigenvalue weighted by molar-refractivity contribution is 6.33. The van der Waals surface area contributed by atoms with Gasteiger partial charge in [0.2, 0.25) is 0 Å². The van der Waals surface area contributed by atoms with Crippen LogP contribution in [0.5, 0.6) is 5.75 Å². The van der Waals surface area contributed by atoms with Crippen molar-refractivity contribution in [2.75, 3.05) is 6.61 Å². The van der Waals surface area contributed by atoms with E-state index in [0.717, 1.165) is 0 Å². The summed E-state index contributed by atoms with van der Waals surface area (Å²) in [6.07, 6.45) is 2.37. The summed E-state index contributed by atoms with van der Waals surface area (Å²) in [6, 6.07) is 3.91. The molecule has 0 heterocycles. The topological polar surface area (TPSA) is 72.6 Å². The van der Waals surface area contributed by atoms with Crippen LogP contribution in [0, 0.1) is 5.92 Å². The summed E-state index contributed by atoms with van der Waals surface area (Å²) in [5.74, 6) is 0.0156. The van der Waals surface area contributed by atoms with E-state index < -0.39 is 12.0 Å². The van der Waals surface area contributed by atoms with Gasteiger partial charge in [0, 0.05) is 5.56 Å². The van der Waals surface area contributed by atoms with Crippen molar-refractivity contribution in [3.8, 4) is 5.75 Å². The molecular formula is C12H14ClNO3. The summed E-state index contributed by atoms with van der Waals surface area (Å²) in [7, 11) is 0. The molecule has 4 nitrogen and oxygen atoms in total. The maximum absolute atomic E-state index is 10.8. The van der Waals surface area contributed by atoms with Crippen molar-refractivity contribution < 1.29 is 14.6 Å². The van der Waals surface area contributed by atoms with Crippen molar-refractivity contribution in [2.24, 2.45) is 11.7 Å². The molecule has 1 unspecified atom stereocenters. The normalized spacial score (nSPS) is 16.6. The van der Waals surface area contributed by atoms with Gasteiger partial charge in [0.1, 0.15) is 11.8 Å². The fraction of sp³-hybridized carbons (Fsp3) is 0.417. The van der Waals surface area contributed by atoms with Gasteiger partial charge in [-0.15, -0.1) is 0 Å². The molecule has 3 N–H and O–H groups in total. The number of hydrogen-bond acceptors (Lipinski definition) is 3. The molecule has 1 aliphatic carbocycles. The molecule has 0 amide bonds. The number of carboxylic acid groups (broad SMARTS) is 1. The van der Waals surface area contributed by atoms with E-state index in [0.29, 0.717) is 28.9 Å². The molecule has 92 valence electrons. The zero-order valence-corrected chi connectivity index (χ0v) is 9.98. The van der Waals surface area contributed by atoms with Crippen LogP contribution in [0.4, 0.5) is 0 Å². The molecule has 0 saturated heterocycles. The second-order valence-electron chi connectivity index (χ2n) is 4.23. The summed E-state index contributed by atoms with van der Waals surface area (Å²) in [5, 5.41) is 9.15. The number of aliphatic carboxylic acids is 1. The predicted octanol–water partition coefficient (Wildman–Crippen LogP) is 2.21. The summed E-state index contributed by atoms with van der Waals surface area (Å²) in [4.78, 5) is 10.8. The summed E-state index contributed by atoms with van der Waals surface area (Å²) in [6.45, 7) is 0.630. The third-order valence-corrected chi connectivity index (χ3v) is 3.17. The monoisotopic (exact) mass is 255 g/mol. The van der Waals surface area contributed by atoms with Crippen molar-refractivity contribution in [3.63, 3.8) is 0 Å². The van der Waals surface area contributed by atoms with Crippen LogP contribution in [-0.4, -0.2) is 17.7 Å². The number of hydrogen-bond donors (Lipinski definition) is 2. The molecule has 0 aliphatic heterocycles. The largest absolute Gasteiger partial charge is 0.492 e. The average molecular weight is 256 g/mol. The minimum atomic E-state index is -1.12. The van der Waals surface area contributed by atoms with Gasteiger partial charge in [-0.05, 0) is 24.8 Å². The third kappa shape index (κ3) is 2.90. The van der Waals surface area contributed by atoms with Gasteiger partial charge in [0.05, 0.1) is 11.6 Å². The molecule has 1 aliphatic rings. The highest BCUT2D eigenvalue weighted by atomic mass is 35.5. The molecule has 5 heteroatoms. The minimum Gasteiger partial charge on any atom is -0.492 e. The van der Waals surface area contributed by atoms with Crippen LogP contribution in [-0.2, 0) is 4.79 Å². The van der Waals surface area contributed by atoms with Crippen LogP contribution < -0.4 is 10.5 Å². The van der Waals surface area contributed by atoms with E-state index in [2.05, 4.69) is 0 Å². The highest BCUT2D eigenvalue weighted by Crippen LogP contribution is 2.34. The van der Waals surface area contributed by atoms with Crippen LogP contribution >= 0.6 is 11.6 Å². The molecule has 0 spiro atoms. The SMILES string of the molecule is NC(C(=O)O)c1cccc(OCC2CC2)c1Cl. The Morgan fingerprint density at radius 2 is 2.29 bits per heavy atom. The van der Waals surface area contributed by atoms with E-state index in [1.165, 1.54) is 12.8 Å². The molecule has 1 aromatic carbocycles.